The fourth-order valence-electron chi connectivity index (χ4n) is 6.15. The number of amides is 3. The number of carbonyl (C=O) groups is 3. The Morgan fingerprint density at radius 2 is 1.72 bits per heavy atom. The van der Waals surface area contributed by atoms with Crippen molar-refractivity contribution in [3.63, 3.8) is 0 Å². The molecule has 1 aromatic carbocycles. The first-order valence-electron chi connectivity index (χ1n) is 15.9. The van der Waals surface area contributed by atoms with Crippen LogP contribution >= 0.6 is 0 Å². The van der Waals surface area contributed by atoms with Crippen molar-refractivity contribution in [3.05, 3.63) is 47.5 Å². The molecule has 1 aromatic heterocycles. The Hall–Kier alpha value is -3.31. The SMILES string of the molecule is CCC(=O)N[C@H](Cc1ccc(NC(=O)[C@@H](NC(=O)c2ccnn2CC)C2CCCCCC2)c(F)c1)CN1CCN(C)CC1. The van der Waals surface area contributed by atoms with Gasteiger partial charge in [0.05, 0.1) is 5.69 Å². The van der Waals surface area contributed by atoms with Crippen molar-refractivity contribution in [2.75, 3.05) is 45.1 Å². The van der Waals surface area contributed by atoms with Crippen LogP contribution in [-0.2, 0) is 22.6 Å². The van der Waals surface area contributed by atoms with E-state index in [9.17, 15) is 14.4 Å². The van der Waals surface area contributed by atoms with Crippen LogP contribution in [0.5, 0.6) is 0 Å². The minimum absolute atomic E-state index is 0.0305. The molecule has 3 amide bonds. The molecule has 0 radical (unpaired) electrons. The standard InChI is InChI=1S/C32H48FN7O3/c1-4-29(41)35-25(22-39-18-16-38(3)17-19-39)20-23-12-13-27(26(33)21-23)36-32(43)30(24-10-8-6-7-9-11-24)37-31(42)28-14-15-34-40(28)5-2/h12-15,21,24-25,30H,4-11,16-20,22H2,1-3H3,(H,35,41)(H,36,43)(H,37,42)/t25-,30+/m1/s1. The van der Waals surface area contributed by atoms with Gasteiger partial charge in [0.25, 0.3) is 5.91 Å². The van der Waals surface area contributed by atoms with Gasteiger partial charge in [-0.15, -0.1) is 0 Å². The van der Waals surface area contributed by atoms with Crippen molar-refractivity contribution < 1.29 is 18.8 Å². The predicted octanol–water partition coefficient (Wildman–Crippen LogP) is 3.43. The van der Waals surface area contributed by atoms with Crippen molar-refractivity contribution in [3.8, 4) is 0 Å². The number of carbonyl (C=O) groups excluding carboxylic acids is 3. The molecule has 236 valence electrons. The maximum atomic E-state index is 15.4. The molecular formula is C32H48FN7O3. The van der Waals surface area contributed by atoms with E-state index in [1.54, 1.807) is 29.1 Å². The van der Waals surface area contributed by atoms with Crippen LogP contribution in [0.1, 0.15) is 74.8 Å². The molecule has 1 saturated carbocycles. The normalized spacial score (nSPS) is 18.4. The minimum atomic E-state index is -0.790. The first-order valence-corrected chi connectivity index (χ1v) is 15.9. The summed E-state index contributed by atoms with van der Waals surface area (Å²) in [6.07, 6.45) is 8.27. The highest BCUT2D eigenvalue weighted by molar-refractivity contribution is 6.00. The molecule has 2 fully saturated rings. The van der Waals surface area contributed by atoms with Crippen LogP contribution in [0.15, 0.2) is 30.5 Å². The van der Waals surface area contributed by atoms with Crippen molar-refractivity contribution in [2.24, 2.45) is 5.92 Å². The molecule has 0 spiro atoms. The summed E-state index contributed by atoms with van der Waals surface area (Å²) in [5.41, 5.74) is 1.21. The molecule has 2 heterocycles. The maximum Gasteiger partial charge on any atom is 0.270 e. The number of aromatic nitrogens is 2. The summed E-state index contributed by atoms with van der Waals surface area (Å²) in [5, 5.41) is 13.0. The summed E-state index contributed by atoms with van der Waals surface area (Å²) in [7, 11) is 2.10. The largest absolute Gasteiger partial charge is 0.352 e. The Kier molecular flexibility index (Phi) is 12.1. The van der Waals surface area contributed by atoms with E-state index in [2.05, 4.69) is 37.9 Å². The molecule has 4 rings (SSSR count). The van der Waals surface area contributed by atoms with Gasteiger partial charge in [-0.2, -0.15) is 5.10 Å². The zero-order chi connectivity index (χ0) is 30.8. The molecule has 3 N–H and O–H groups in total. The van der Waals surface area contributed by atoms with Gasteiger partial charge in [-0.1, -0.05) is 38.7 Å². The number of nitrogens with zero attached hydrogens (tertiary/aromatic N) is 4. The van der Waals surface area contributed by atoms with E-state index < -0.39 is 17.8 Å². The molecule has 10 nitrogen and oxygen atoms in total. The Balaban J connectivity index is 1.46. The third-order valence-electron chi connectivity index (χ3n) is 8.72. The molecule has 1 aliphatic carbocycles. The molecule has 2 aromatic rings. The van der Waals surface area contributed by atoms with Gasteiger partial charge in [-0.3, -0.25) is 24.0 Å². The van der Waals surface area contributed by atoms with Gasteiger partial charge in [0.2, 0.25) is 11.8 Å². The summed E-state index contributed by atoms with van der Waals surface area (Å²) >= 11 is 0. The highest BCUT2D eigenvalue weighted by Gasteiger charge is 2.32. The number of piperazine rings is 1. The monoisotopic (exact) mass is 597 g/mol. The van der Waals surface area contributed by atoms with Crippen LogP contribution in [0.3, 0.4) is 0 Å². The second kappa shape index (κ2) is 16.0. The molecule has 2 aliphatic rings. The van der Waals surface area contributed by atoms with Gasteiger partial charge in [0.15, 0.2) is 0 Å². The first-order chi connectivity index (χ1) is 20.8. The molecular weight excluding hydrogens is 549 g/mol. The minimum Gasteiger partial charge on any atom is -0.352 e. The van der Waals surface area contributed by atoms with E-state index in [-0.39, 0.29) is 29.5 Å². The number of hydrogen-bond acceptors (Lipinski definition) is 6. The Bertz CT molecular complexity index is 1220. The van der Waals surface area contributed by atoms with Crippen LogP contribution in [0.4, 0.5) is 10.1 Å². The van der Waals surface area contributed by atoms with Crippen LogP contribution in [0.2, 0.25) is 0 Å². The number of nitrogens with one attached hydrogen (secondary N) is 3. The summed E-state index contributed by atoms with van der Waals surface area (Å²) < 4.78 is 17.0. The van der Waals surface area contributed by atoms with Crippen LogP contribution < -0.4 is 16.0 Å². The third-order valence-corrected chi connectivity index (χ3v) is 8.72. The number of aryl methyl sites for hydroxylation is 1. The highest BCUT2D eigenvalue weighted by Crippen LogP contribution is 2.27. The smallest absolute Gasteiger partial charge is 0.270 e. The van der Waals surface area contributed by atoms with Gasteiger partial charge in [0.1, 0.15) is 17.6 Å². The number of rotatable bonds is 12. The van der Waals surface area contributed by atoms with E-state index in [0.717, 1.165) is 70.3 Å². The molecule has 1 saturated heterocycles. The van der Waals surface area contributed by atoms with Crippen molar-refractivity contribution in [1.82, 2.24) is 30.2 Å². The van der Waals surface area contributed by atoms with Crippen LogP contribution in [0, 0.1) is 11.7 Å². The van der Waals surface area contributed by atoms with Crippen molar-refractivity contribution in [2.45, 2.75) is 83.8 Å². The van der Waals surface area contributed by atoms with Crippen molar-refractivity contribution in [1.29, 1.82) is 0 Å². The van der Waals surface area contributed by atoms with Gasteiger partial charge in [0, 0.05) is 57.9 Å². The number of hydrogen-bond donors (Lipinski definition) is 3. The molecule has 0 bridgehead atoms. The summed E-state index contributed by atoms with van der Waals surface area (Å²) in [4.78, 5) is 43.7. The molecule has 11 heteroatoms. The third kappa shape index (κ3) is 9.34. The fraction of sp³-hybridized carbons (Fsp3) is 0.625. The van der Waals surface area contributed by atoms with E-state index >= 15 is 4.39 Å². The first kappa shape index (κ1) is 32.6. The second-order valence-corrected chi connectivity index (χ2v) is 12.0. The summed E-state index contributed by atoms with van der Waals surface area (Å²) in [6, 6.07) is 5.51. The van der Waals surface area contributed by atoms with Gasteiger partial charge >= 0.3 is 0 Å². The lowest BCUT2D eigenvalue weighted by molar-refractivity contribution is -0.121. The van der Waals surface area contributed by atoms with E-state index in [4.69, 9.17) is 0 Å². The number of benzene rings is 1. The van der Waals surface area contributed by atoms with Crippen molar-refractivity contribution >= 4 is 23.4 Å². The van der Waals surface area contributed by atoms with E-state index in [1.807, 2.05) is 13.8 Å². The predicted molar refractivity (Wildman–Crippen MR) is 165 cm³/mol. The van der Waals surface area contributed by atoms with Crippen LogP contribution in [0.25, 0.3) is 0 Å². The van der Waals surface area contributed by atoms with E-state index in [0.29, 0.717) is 31.6 Å². The van der Waals surface area contributed by atoms with Gasteiger partial charge in [-0.25, -0.2) is 4.39 Å². The Labute approximate surface area is 254 Å². The Morgan fingerprint density at radius 3 is 2.37 bits per heavy atom. The number of halogens is 1. The lowest BCUT2D eigenvalue weighted by Gasteiger charge is -2.35. The molecule has 0 unspecified atom stereocenters. The lowest BCUT2D eigenvalue weighted by Crippen LogP contribution is -2.51. The number of likely N-dealkylation sites (N-methyl/N-ethyl adjacent to an activating group) is 1. The van der Waals surface area contributed by atoms with E-state index in [1.165, 1.54) is 6.07 Å². The average Bonchev–Trinajstić information content (AvgIpc) is 3.32. The second-order valence-electron chi connectivity index (χ2n) is 12.0. The molecule has 1 aliphatic heterocycles. The zero-order valence-electron chi connectivity index (χ0n) is 25.9. The topological polar surface area (TPSA) is 112 Å². The maximum absolute atomic E-state index is 15.4. The summed E-state index contributed by atoms with van der Waals surface area (Å²) in [6.45, 7) is 8.75. The molecule has 2 atom stereocenters. The van der Waals surface area contributed by atoms with Gasteiger partial charge in [-0.05, 0) is 62.9 Å². The quantitative estimate of drug-likeness (QED) is 0.324. The average molecular weight is 598 g/mol. The fourth-order valence-corrected chi connectivity index (χ4v) is 6.15. The van der Waals surface area contributed by atoms with Crippen LogP contribution in [-0.4, -0.2) is 89.2 Å². The lowest BCUT2D eigenvalue weighted by atomic mass is 9.91. The highest BCUT2D eigenvalue weighted by atomic mass is 19.1. The number of anilines is 1. The molecule has 43 heavy (non-hydrogen) atoms. The Morgan fingerprint density at radius 1 is 1.00 bits per heavy atom. The van der Waals surface area contributed by atoms with Gasteiger partial charge < -0.3 is 20.9 Å². The summed E-state index contributed by atoms with van der Waals surface area (Å²) in [5.74, 6) is -1.39. The zero-order valence-corrected chi connectivity index (χ0v) is 25.9.